The Morgan fingerprint density at radius 3 is 2.65 bits per heavy atom. The Bertz CT molecular complexity index is 478. The van der Waals surface area contributed by atoms with Gasteiger partial charge in [0.15, 0.2) is 0 Å². The SMILES string of the molecule is COCCONS(=O)(=O)c1cccc(Cl)c1Cl. The monoisotopic (exact) mass is 299 g/mol. The number of benzene rings is 1. The summed E-state index contributed by atoms with van der Waals surface area (Å²) in [6.07, 6.45) is 0. The molecular formula is C9H11Cl2NO4S. The zero-order valence-electron chi connectivity index (χ0n) is 8.94. The van der Waals surface area contributed by atoms with Crippen molar-refractivity contribution < 1.29 is 18.0 Å². The molecule has 1 rings (SSSR count). The molecule has 0 aliphatic rings. The molecular weight excluding hydrogens is 289 g/mol. The normalized spacial score (nSPS) is 11.7. The van der Waals surface area contributed by atoms with Gasteiger partial charge in [-0.3, -0.25) is 4.84 Å². The van der Waals surface area contributed by atoms with E-state index >= 15 is 0 Å². The van der Waals surface area contributed by atoms with Gasteiger partial charge in [0.1, 0.15) is 4.90 Å². The van der Waals surface area contributed by atoms with Crippen LogP contribution in [0, 0.1) is 0 Å². The van der Waals surface area contributed by atoms with Crippen molar-refractivity contribution in [3.05, 3.63) is 28.2 Å². The molecule has 0 unspecified atom stereocenters. The van der Waals surface area contributed by atoms with Crippen LogP contribution < -0.4 is 4.89 Å². The highest BCUT2D eigenvalue weighted by atomic mass is 35.5. The van der Waals surface area contributed by atoms with E-state index in [0.717, 1.165) is 0 Å². The van der Waals surface area contributed by atoms with E-state index in [9.17, 15) is 8.42 Å². The molecule has 1 aromatic rings. The predicted molar refractivity (Wildman–Crippen MR) is 64.6 cm³/mol. The van der Waals surface area contributed by atoms with Crippen molar-refractivity contribution in [3.63, 3.8) is 0 Å². The predicted octanol–water partition coefficient (Wildman–Crippen LogP) is 1.85. The smallest absolute Gasteiger partial charge is 0.264 e. The molecule has 0 heterocycles. The van der Waals surface area contributed by atoms with E-state index in [1.807, 2.05) is 4.89 Å². The summed E-state index contributed by atoms with van der Waals surface area (Å²) in [6, 6.07) is 4.31. The average Bonchev–Trinajstić information content (AvgIpc) is 2.28. The minimum atomic E-state index is -3.84. The quantitative estimate of drug-likeness (QED) is 0.643. The van der Waals surface area contributed by atoms with Gasteiger partial charge in [-0.2, -0.15) is 0 Å². The Kier molecular flexibility index (Phi) is 5.64. The van der Waals surface area contributed by atoms with Crippen molar-refractivity contribution in [3.8, 4) is 0 Å². The van der Waals surface area contributed by atoms with Crippen LogP contribution in [0.5, 0.6) is 0 Å². The van der Waals surface area contributed by atoms with Crippen LogP contribution in [-0.2, 0) is 19.6 Å². The second-order valence-electron chi connectivity index (χ2n) is 2.98. The number of rotatable bonds is 6. The van der Waals surface area contributed by atoms with Crippen LogP contribution in [0.25, 0.3) is 0 Å². The van der Waals surface area contributed by atoms with Crippen molar-refractivity contribution in [2.75, 3.05) is 20.3 Å². The molecule has 0 saturated carbocycles. The second-order valence-corrected chi connectivity index (χ2v) is 5.38. The first-order valence-corrected chi connectivity index (χ1v) is 6.79. The van der Waals surface area contributed by atoms with Crippen LogP contribution in [0.15, 0.2) is 23.1 Å². The molecule has 1 N–H and O–H groups in total. The summed E-state index contributed by atoms with van der Waals surface area (Å²) in [4.78, 5) is 6.52. The molecule has 1 aromatic carbocycles. The minimum absolute atomic E-state index is 0.0444. The number of hydrogen-bond acceptors (Lipinski definition) is 4. The Hall–Kier alpha value is -0.370. The van der Waals surface area contributed by atoms with E-state index in [0.29, 0.717) is 0 Å². The van der Waals surface area contributed by atoms with Gasteiger partial charge in [-0.15, -0.1) is 0 Å². The van der Waals surface area contributed by atoms with Crippen LogP contribution >= 0.6 is 23.2 Å². The average molecular weight is 300 g/mol. The third-order valence-corrected chi connectivity index (χ3v) is 3.95. The number of halogens is 2. The highest BCUT2D eigenvalue weighted by molar-refractivity contribution is 7.89. The van der Waals surface area contributed by atoms with Gasteiger partial charge in [0.05, 0.1) is 23.3 Å². The van der Waals surface area contributed by atoms with Crippen molar-refractivity contribution in [2.24, 2.45) is 0 Å². The van der Waals surface area contributed by atoms with E-state index in [1.165, 1.54) is 25.3 Å². The standard InChI is InChI=1S/C9H11Cl2NO4S/c1-15-5-6-16-12-17(13,14)8-4-2-3-7(10)9(8)11/h2-4,12H,5-6H2,1H3. The Balaban J connectivity index is 2.79. The van der Waals surface area contributed by atoms with Crippen molar-refractivity contribution in [1.29, 1.82) is 0 Å². The van der Waals surface area contributed by atoms with E-state index in [4.69, 9.17) is 32.8 Å². The molecule has 0 spiro atoms. The maximum Gasteiger partial charge on any atom is 0.264 e. The van der Waals surface area contributed by atoms with Gasteiger partial charge in [-0.1, -0.05) is 34.2 Å². The van der Waals surface area contributed by atoms with Crippen molar-refractivity contribution >= 4 is 33.2 Å². The third-order valence-electron chi connectivity index (χ3n) is 1.76. The van der Waals surface area contributed by atoms with Crippen molar-refractivity contribution in [2.45, 2.75) is 4.90 Å². The summed E-state index contributed by atoms with van der Waals surface area (Å²) >= 11 is 11.5. The molecule has 0 bridgehead atoms. The van der Waals surface area contributed by atoms with Crippen LogP contribution in [0.3, 0.4) is 0 Å². The summed E-state index contributed by atoms with van der Waals surface area (Å²) in [6.45, 7) is 0.361. The summed E-state index contributed by atoms with van der Waals surface area (Å²) in [5.41, 5.74) is 0. The molecule has 5 nitrogen and oxygen atoms in total. The summed E-state index contributed by atoms with van der Waals surface area (Å²) in [5, 5.41) is 0.114. The topological polar surface area (TPSA) is 64.6 Å². The molecule has 0 aromatic heterocycles. The highest BCUT2D eigenvalue weighted by Gasteiger charge is 2.19. The van der Waals surface area contributed by atoms with Gasteiger partial charge in [0.2, 0.25) is 0 Å². The van der Waals surface area contributed by atoms with Crippen LogP contribution in [-0.4, -0.2) is 28.7 Å². The minimum Gasteiger partial charge on any atom is -0.382 e. The Morgan fingerprint density at radius 2 is 2.00 bits per heavy atom. The van der Waals surface area contributed by atoms with Gasteiger partial charge in [0, 0.05) is 7.11 Å². The molecule has 8 heteroatoms. The molecule has 0 amide bonds. The molecule has 0 radical (unpaired) electrons. The molecule has 17 heavy (non-hydrogen) atoms. The van der Waals surface area contributed by atoms with Crippen LogP contribution in [0.2, 0.25) is 10.0 Å². The Morgan fingerprint density at radius 1 is 1.29 bits per heavy atom. The number of ether oxygens (including phenoxy) is 1. The lowest BCUT2D eigenvalue weighted by Crippen LogP contribution is -2.26. The zero-order valence-corrected chi connectivity index (χ0v) is 11.3. The first-order chi connectivity index (χ1) is 7.99. The van der Waals surface area contributed by atoms with E-state index in [1.54, 1.807) is 0 Å². The zero-order chi connectivity index (χ0) is 12.9. The molecule has 0 aliphatic heterocycles. The first kappa shape index (κ1) is 14.7. The number of sulfonamides is 1. The number of hydrogen-bond donors (Lipinski definition) is 1. The molecule has 0 atom stereocenters. The van der Waals surface area contributed by atoms with E-state index in [2.05, 4.69) is 0 Å². The van der Waals surface area contributed by atoms with Crippen LogP contribution in [0.1, 0.15) is 0 Å². The van der Waals surface area contributed by atoms with E-state index < -0.39 is 10.0 Å². The van der Waals surface area contributed by atoms with E-state index in [-0.39, 0.29) is 28.2 Å². The molecule has 96 valence electrons. The maximum atomic E-state index is 11.7. The number of methoxy groups -OCH3 is 1. The van der Waals surface area contributed by atoms with Gasteiger partial charge in [-0.25, -0.2) is 8.42 Å². The first-order valence-electron chi connectivity index (χ1n) is 4.55. The lowest BCUT2D eigenvalue weighted by molar-refractivity contribution is 0.0438. The van der Waals surface area contributed by atoms with Gasteiger partial charge >= 0.3 is 0 Å². The summed E-state index contributed by atoms with van der Waals surface area (Å²) in [7, 11) is -2.36. The fourth-order valence-electron chi connectivity index (χ4n) is 0.981. The maximum absolute atomic E-state index is 11.7. The summed E-state index contributed by atoms with van der Waals surface area (Å²) < 4.78 is 28.2. The fourth-order valence-corrected chi connectivity index (χ4v) is 2.57. The van der Waals surface area contributed by atoms with Gasteiger partial charge < -0.3 is 4.74 Å². The third kappa shape index (κ3) is 4.09. The van der Waals surface area contributed by atoms with Crippen LogP contribution in [0.4, 0.5) is 0 Å². The lowest BCUT2D eigenvalue weighted by atomic mass is 10.4. The lowest BCUT2D eigenvalue weighted by Gasteiger charge is -2.08. The van der Waals surface area contributed by atoms with Gasteiger partial charge in [0.25, 0.3) is 10.0 Å². The largest absolute Gasteiger partial charge is 0.382 e. The molecule has 0 aliphatic carbocycles. The Labute approximate surface area is 110 Å². The molecule has 0 saturated heterocycles. The molecule has 0 fully saturated rings. The second kappa shape index (κ2) is 6.53. The van der Waals surface area contributed by atoms with Crippen molar-refractivity contribution in [1.82, 2.24) is 4.89 Å². The highest BCUT2D eigenvalue weighted by Crippen LogP contribution is 2.28. The van der Waals surface area contributed by atoms with Gasteiger partial charge in [-0.05, 0) is 12.1 Å². The fraction of sp³-hybridized carbons (Fsp3) is 0.333. The number of nitrogens with one attached hydrogen (secondary N) is 1. The summed E-state index contributed by atoms with van der Waals surface area (Å²) in [5.74, 6) is 0.